The lowest BCUT2D eigenvalue weighted by molar-refractivity contribution is 0.0970. The van der Waals surface area contributed by atoms with E-state index >= 15 is 0 Å². The number of carbonyl (C=O) groups is 1. The van der Waals surface area contributed by atoms with Crippen molar-refractivity contribution in [3.05, 3.63) is 40.7 Å². The maximum Gasteiger partial charge on any atom is 0.184 e. The van der Waals surface area contributed by atoms with Gasteiger partial charge >= 0.3 is 0 Å². The van der Waals surface area contributed by atoms with Crippen molar-refractivity contribution in [3.8, 4) is 12.1 Å². The van der Waals surface area contributed by atoms with Crippen molar-refractivity contribution in [2.45, 2.75) is 33.4 Å². The number of aromatic nitrogens is 3. The fourth-order valence-corrected chi connectivity index (χ4v) is 2.99. The Labute approximate surface area is 140 Å². The zero-order valence-electron chi connectivity index (χ0n) is 14.2. The highest BCUT2D eigenvalue weighted by molar-refractivity contribution is 5.97. The van der Waals surface area contributed by atoms with E-state index in [4.69, 9.17) is 15.3 Å². The van der Waals surface area contributed by atoms with Crippen LogP contribution in [0.15, 0.2) is 12.4 Å². The molecule has 0 spiro atoms. The summed E-state index contributed by atoms with van der Waals surface area (Å²) in [7, 11) is 1.64. The summed E-state index contributed by atoms with van der Waals surface area (Å²) in [5, 5.41) is 18.1. The number of hydrogen-bond donors (Lipinski definition) is 0. The van der Waals surface area contributed by atoms with E-state index < -0.39 is 0 Å². The van der Waals surface area contributed by atoms with Gasteiger partial charge in [-0.2, -0.15) is 10.5 Å². The summed E-state index contributed by atoms with van der Waals surface area (Å²) in [6.07, 6.45) is 1.35. The van der Waals surface area contributed by atoms with Crippen LogP contribution in [0.25, 0.3) is 0 Å². The van der Waals surface area contributed by atoms with Gasteiger partial charge in [0.05, 0.1) is 25.5 Å². The quantitative estimate of drug-likeness (QED) is 0.758. The molecule has 0 aromatic carbocycles. The summed E-state index contributed by atoms with van der Waals surface area (Å²) in [5.41, 5.74) is 2.58. The lowest BCUT2D eigenvalue weighted by Gasteiger charge is -2.17. The molecule has 0 bridgehead atoms. The minimum Gasteiger partial charge on any atom is -0.383 e. The fraction of sp³-hybridized carbons (Fsp3) is 0.412. The van der Waals surface area contributed by atoms with Crippen LogP contribution in [0.1, 0.15) is 46.1 Å². The predicted molar refractivity (Wildman–Crippen MR) is 86.5 cm³/mol. The van der Waals surface area contributed by atoms with Crippen LogP contribution in [0.2, 0.25) is 0 Å². The van der Waals surface area contributed by atoms with Crippen LogP contribution in [0.5, 0.6) is 0 Å². The van der Waals surface area contributed by atoms with Crippen molar-refractivity contribution in [3.63, 3.8) is 0 Å². The molecule has 2 rings (SSSR count). The number of methoxy groups -OCH3 is 1. The molecule has 7 heteroatoms. The Morgan fingerprint density at radius 1 is 1.38 bits per heavy atom. The van der Waals surface area contributed by atoms with Gasteiger partial charge in [-0.05, 0) is 26.8 Å². The van der Waals surface area contributed by atoms with Gasteiger partial charge in [-0.25, -0.2) is 4.98 Å². The Hall–Kier alpha value is -2.90. The maximum absolute atomic E-state index is 12.7. The monoisotopic (exact) mass is 325 g/mol. The second-order valence-electron chi connectivity index (χ2n) is 5.68. The molecule has 2 aromatic heterocycles. The molecule has 24 heavy (non-hydrogen) atoms. The third-order valence-electron chi connectivity index (χ3n) is 4.00. The summed E-state index contributed by atoms with van der Waals surface area (Å²) < 4.78 is 8.67. The van der Waals surface area contributed by atoms with Crippen LogP contribution in [0, 0.1) is 36.5 Å². The fourth-order valence-electron chi connectivity index (χ4n) is 2.99. The van der Waals surface area contributed by atoms with Crippen molar-refractivity contribution in [2.75, 3.05) is 13.7 Å². The summed E-state index contributed by atoms with van der Waals surface area (Å²) in [4.78, 5) is 16.5. The highest BCUT2D eigenvalue weighted by Gasteiger charge is 2.20. The molecule has 1 atom stereocenters. The Balaban J connectivity index is 2.32. The first kappa shape index (κ1) is 17.5. The van der Waals surface area contributed by atoms with Crippen molar-refractivity contribution < 1.29 is 9.53 Å². The lowest BCUT2D eigenvalue weighted by Crippen LogP contribution is -2.16. The highest BCUT2D eigenvalue weighted by Crippen LogP contribution is 2.22. The molecule has 0 aliphatic rings. The molecule has 2 aromatic rings. The normalized spacial score (nSPS) is 11.8. The van der Waals surface area contributed by atoms with Gasteiger partial charge in [0, 0.05) is 24.1 Å². The Morgan fingerprint density at radius 2 is 2.08 bits per heavy atom. The van der Waals surface area contributed by atoms with Gasteiger partial charge < -0.3 is 13.9 Å². The van der Waals surface area contributed by atoms with Gasteiger partial charge in [0.15, 0.2) is 17.2 Å². The molecule has 0 aliphatic heterocycles. The minimum atomic E-state index is -0.127. The van der Waals surface area contributed by atoms with Crippen LogP contribution < -0.4 is 0 Å². The van der Waals surface area contributed by atoms with Gasteiger partial charge in [-0.15, -0.1) is 0 Å². The van der Waals surface area contributed by atoms with E-state index in [-0.39, 0.29) is 29.8 Å². The van der Waals surface area contributed by atoms with E-state index in [0.717, 1.165) is 11.4 Å². The molecule has 0 saturated carbocycles. The first-order chi connectivity index (χ1) is 11.4. The van der Waals surface area contributed by atoms with Gasteiger partial charge in [0.1, 0.15) is 12.1 Å². The second kappa shape index (κ2) is 7.12. The summed E-state index contributed by atoms with van der Waals surface area (Å²) in [6, 6.07) is 5.73. The standard InChI is InChI=1S/C17H19N5O2/c1-11-5-14(13(3)22(11)12(2)9-24-4)17(23)8-21-10-20-15(6-18)16(21)7-19/h5,10,12H,8-9H2,1-4H3. The molecule has 0 saturated heterocycles. The lowest BCUT2D eigenvalue weighted by atomic mass is 10.1. The van der Waals surface area contributed by atoms with E-state index in [1.54, 1.807) is 7.11 Å². The Morgan fingerprint density at radius 3 is 2.67 bits per heavy atom. The molecule has 0 amide bonds. The van der Waals surface area contributed by atoms with Crippen molar-refractivity contribution in [2.24, 2.45) is 0 Å². The number of aryl methyl sites for hydroxylation is 1. The smallest absolute Gasteiger partial charge is 0.184 e. The van der Waals surface area contributed by atoms with E-state index in [2.05, 4.69) is 9.55 Å². The number of ketones is 1. The number of carbonyl (C=O) groups excluding carboxylic acids is 1. The van der Waals surface area contributed by atoms with Gasteiger partial charge in [-0.3, -0.25) is 4.79 Å². The van der Waals surface area contributed by atoms with Crippen LogP contribution in [-0.4, -0.2) is 33.6 Å². The van der Waals surface area contributed by atoms with Gasteiger partial charge in [0.2, 0.25) is 0 Å². The summed E-state index contributed by atoms with van der Waals surface area (Å²) in [6.45, 7) is 6.39. The van der Waals surface area contributed by atoms with Crippen molar-refractivity contribution in [1.29, 1.82) is 10.5 Å². The van der Waals surface area contributed by atoms with Crippen LogP contribution in [0.3, 0.4) is 0 Å². The zero-order chi connectivity index (χ0) is 17.9. The molecule has 2 heterocycles. The molecule has 1 unspecified atom stereocenters. The van der Waals surface area contributed by atoms with Gasteiger partial charge in [0.25, 0.3) is 0 Å². The van der Waals surface area contributed by atoms with Crippen LogP contribution >= 0.6 is 0 Å². The number of hydrogen-bond acceptors (Lipinski definition) is 5. The molecule has 0 aliphatic carbocycles. The van der Waals surface area contributed by atoms with Crippen LogP contribution in [-0.2, 0) is 11.3 Å². The molecular formula is C17H19N5O2. The molecule has 0 N–H and O–H groups in total. The van der Waals surface area contributed by atoms with E-state index in [1.165, 1.54) is 10.9 Å². The second-order valence-corrected chi connectivity index (χ2v) is 5.68. The summed E-state index contributed by atoms with van der Waals surface area (Å²) >= 11 is 0. The number of rotatable bonds is 6. The first-order valence-corrected chi connectivity index (χ1v) is 7.50. The Kier molecular flexibility index (Phi) is 5.18. The topological polar surface area (TPSA) is 96.6 Å². The maximum atomic E-state index is 12.7. The zero-order valence-corrected chi connectivity index (χ0v) is 14.2. The molecular weight excluding hydrogens is 306 g/mol. The summed E-state index contributed by atoms with van der Waals surface area (Å²) in [5.74, 6) is -0.127. The third kappa shape index (κ3) is 3.08. The minimum absolute atomic E-state index is 0.0273. The number of imidazole rings is 1. The average molecular weight is 325 g/mol. The number of Topliss-reactive ketones (excluding diaryl/α,β-unsaturated/α-hetero) is 1. The van der Waals surface area contributed by atoms with E-state index in [9.17, 15) is 4.79 Å². The predicted octanol–water partition coefficient (Wildman–Crippen LogP) is 2.14. The number of nitriles is 2. The van der Waals surface area contributed by atoms with Crippen molar-refractivity contribution in [1.82, 2.24) is 14.1 Å². The van der Waals surface area contributed by atoms with Gasteiger partial charge in [-0.1, -0.05) is 0 Å². The first-order valence-electron chi connectivity index (χ1n) is 7.50. The third-order valence-corrected chi connectivity index (χ3v) is 4.00. The molecule has 7 nitrogen and oxygen atoms in total. The average Bonchev–Trinajstić information content (AvgIpc) is 3.07. The highest BCUT2D eigenvalue weighted by atomic mass is 16.5. The SMILES string of the molecule is COCC(C)n1c(C)cc(C(=O)Cn2cnc(C#N)c2C#N)c1C. The van der Waals surface area contributed by atoms with E-state index in [0.29, 0.717) is 12.2 Å². The molecule has 124 valence electrons. The molecule has 0 radical (unpaired) electrons. The largest absolute Gasteiger partial charge is 0.383 e. The number of nitrogens with zero attached hydrogens (tertiary/aromatic N) is 5. The number of ether oxygens (including phenoxy) is 1. The Bertz CT molecular complexity index is 848. The molecule has 0 fully saturated rings. The van der Waals surface area contributed by atoms with E-state index in [1.807, 2.05) is 39.0 Å². The van der Waals surface area contributed by atoms with Crippen LogP contribution in [0.4, 0.5) is 0 Å². The van der Waals surface area contributed by atoms with Crippen molar-refractivity contribution >= 4 is 5.78 Å².